The van der Waals surface area contributed by atoms with E-state index in [1.807, 2.05) is 0 Å². The highest BCUT2D eigenvalue weighted by Crippen LogP contribution is 2.31. The van der Waals surface area contributed by atoms with Crippen molar-refractivity contribution in [3.8, 4) is 11.5 Å². The van der Waals surface area contributed by atoms with Gasteiger partial charge in [0.05, 0.1) is 17.1 Å². The highest BCUT2D eigenvalue weighted by atomic mass is 79.9. The van der Waals surface area contributed by atoms with Crippen LogP contribution in [0.15, 0.2) is 76.1 Å². The number of phenolic OH excluding ortho intramolecular Hbond substituents is 1. The zero-order valence-electron chi connectivity index (χ0n) is 19.2. The van der Waals surface area contributed by atoms with Crippen LogP contribution in [0.4, 0.5) is 5.69 Å². The molecule has 1 aliphatic rings. The molecule has 8 heteroatoms. The Labute approximate surface area is 210 Å². The summed E-state index contributed by atoms with van der Waals surface area (Å²) < 4.78 is 35.6. The molecule has 0 aliphatic carbocycles. The van der Waals surface area contributed by atoms with Crippen molar-refractivity contribution in [1.82, 2.24) is 4.90 Å². The molecule has 0 spiro atoms. The SMILES string of the molecule is Cc1cc(Br)ccc1S(=O)(=O)N(Cc1cccc(O)c1)c1ccc(OCCN2CCCC2)cc1. The monoisotopic (exact) mass is 544 g/mol. The Morgan fingerprint density at radius 3 is 2.44 bits per heavy atom. The minimum atomic E-state index is -3.87. The Morgan fingerprint density at radius 1 is 1.03 bits per heavy atom. The van der Waals surface area contributed by atoms with E-state index in [1.165, 1.54) is 17.1 Å². The van der Waals surface area contributed by atoms with Crippen LogP contribution in [0.25, 0.3) is 0 Å². The zero-order chi connectivity index (χ0) is 24.1. The number of halogens is 1. The Hall–Kier alpha value is -2.55. The number of benzene rings is 3. The first-order valence-electron chi connectivity index (χ1n) is 11.3. The van der Waals surface area contributed by atoms with Crippen molar-refractivity contribution in [2.24, 2.45) is 0 Å². The molecule has 0 aromatic heterocycles. The molecule has 1 aliphatic heterocycles. The zero-order valence-corrected chi connectivity index (χ0v) is 21.6. The fraction of sp³-hybridized carbons (Fsp3) is 0.308. The maximum atomic E-state index is 13.8. The molecule has 180 valence electrons. The minimum Gasteiger partial charge on any atom is -0.508 e. The first-order valence-corrected chi connectivity index (χ1v) is 13.6. The fourth-order valence-corrected chi connectivity index (χ4v) is 6.30. The van der Waals surface area contributed by atoms with Gasteiger partial charge in [-0.15, -0.1) is 0 Å². The molecule has 1 saturated heterocycles. The summed E-state index contributed by atoms with van der Waals surface area (Å²) in [6, 6.07) is 18.9. The molecule has 34 heavy (non-hydrogen) atoms. The van der Waals surface area contributed by atoms with Crippen LogP contribution in [0.3, 0.4) is 0 Å². The molecule has 3 aromatic carbocycles. The predicted molar refractivity (Wildman–Crippen MR) is 138 cm³/mol. The lowest BCUT2D eigenvalue weighted by molar-refractivity contribution is 0.238. The molecule has 0 radical (unpaired) electrons. The second kappa shape index (κ2) is 10.8. The average Bonchev–Trinajstić information content (AvgIpc) is 3.31. The van der Waals surface area contributed by atoms with Crippen LogP contribution < -0.4 is 9.04 Å². The first-order chi connectivity index (χ1) is 16.3. The number of anilines is 1. The molecule has 1 N–H and O–H groups in total. The van der Waals surface area contributed by atoms with E-state index in [0.29, 0.717) is 29.2 Å². The topological polar surface area (TPSA) is 70.1 Å². The molecule has 3 aromatic rings. The van der Waals surface area contributed by atoms with Crippen molar-refractivity contribution < 1.29 is 18.3 Å². The third kappa shape index (κ3) is 5.92. The second-order valence-corrected chi connectivity index (χ2v) is 11.2. The van der Waals surface area contributed by atoms with Crippen LogP contribution in [-0.4, -0.2) is 44.7 Å². The van der Waals surface area contributed by atoms with Gasteiger partial charge in [0, 0.05) is 11.0 Å². The summed E-state index contributed by atoms with van der Waals surface area (Å²) in [5.41, 5.74) is 1.86. The van der Waals surface area contributed by atoms with E-state index in [0.717, 1.165) is 24.1 Å². The summed E-state index contributed by atoms with van der Waals surface area (Å²) >= 11 is 3.40. The predicted octanol–water partition coefficient (Wildman–Crippen LogP) is 5.33. The van der Waals surface area contributed by atoms with E-state index in [9.17, 15) is 13.5 Å². The molecule has 6 nitrogen and oxygen atoms in total. The lowest BCUT2D eigenvalue weighted by atomic mass is 10.2. The number of aryl methyl sites for hydroxylation is 1. The standard InChI is InChI=1S/C26H29BrN2O4S/c1-20-17-22(27)7-12-26(20)34(31,32)29(19-21-5-4-6-24(30)18-21)23-8-10-25(11-9-23)33-16-15-28-13-2-3-14-28/h4-12,17-18,30H,2-3,13-16,19H2,1H3. The van der Waals surface area contributed by atoms with Crippen LogP contribution in [0.1, 0.15) is 24.0 Å². The highest BCUT2D eigenvalue weighted by molar-refractivity contribution is 9.10. The van der Waals surface area contributed by atoms with Crippen LogP contribution in [0.2, 0.25) is 0 Å². The van der Waals surface area contributed by atoms with E-state index in [1.54, 1.807) is 73.7 Å². The van der Waals surface area contributed by atoms with Crippen molar-refractivity contribution in [3.05, 3.63) is 82.3 Å². The number of likely N-dealkylation sites (tertiary alicyclic amines) is 1. The molecule has 0 bridgehead atoms. The normalized spacial score (nSPS) is 14.3. The lowest BCUT2D eigenvalue weighted by Gasteiger charge is -2.26. The largest absolute Gasteiger partial charge is 0.508 e. The van der Waals surface area contributed by atoms with Crippen molar-refractivity contribution in [3.63, 3.8) is 0 Å². The van der Waals surface area contributed by atoms with Gasteiger partial charge >= 0.3 is 0 Å². The first kappa shape index (κ1) is 24.6. The van der Waals surface area contributed by atoms with Crippen LogP contribution in [0, 0.1) is 6.92 Å². The smallest absolute Gasteiger partial charge is 0.264 e. The van der Waals surface area contributed by atoms with Gasteiger partial charge in [0.15, 0.2) is 0 Å². The van der Waals surface area contributed by atoms with Crippen molar-refractivity contribution >= 4 is 31.6 Å². The molecule has 0 saturated carbocycles. The minimum absolute atomic E-state index is 0.0847. The number of hydrogen-bond donors (Lipinski definition) is 1. The number of sulfonamides is 1. The Bertz CT molecular complexity index is 1230. The van der Waals surface area contributed by atoms with E-state index < -0.39 is 10.0 Å². The molecule has 4 rings (SSSR count). The maximum absolute atomic E-state index is 13.8. The van der Waals surface area contributed by atoms with Gasteiger partial charge in [0.1, 0.15) is 18.1 Å². The average molecular weight is 545 g/mol. The third-order valence-electron chi connectivity index (χ3n) is 5.94. The quantitative estimate of drug-likeness (QED) is 0.394. The number of ether oxygens (including phenoxy) is 1. The summed E-state index contributed by atoms with van der Waals surface area (Å²) in [5.74, 6) is 0.800. The van der Waals surface area contributed by atoms with Crippen LogP contribution in [-0.2, 0) is 16.6 Å². The lowest BCUT2D eigenvalue weighted by Crippen LogP contribution is -2.31. The molecule has 0 unspecified atom stereocenters. The third-order valence-corrected chi connectivity index (χ3v) is 8.37. The van der Waals surface area contributed by atoms with Gasteiger partial charge in [-0.1, -0.05) is 28.1 Å². The van der Waals surface area contributed by atoms with Gasteiger partial charge in [-0.2, -0.15) is 0 Å². The number of hydrogen-bond acceptors (Lipinski definition) is 5. The summed E-state index contributed by atoms with van der Waals surface area (Å²) in [6.07, 6.45) is 2.49. The van der Waals surface area contributed by atoms with Gasteiger partial charge in [-0.3, -0.25) is 9.21 Å². The number of nitrogens with zero attached hydrogens (tertiary/aromatic N) is 2. The Kier molecular flexibility index (Phi) is 7.80. The van der Waals surface area contributed by atoms with Crippen molar-refractivity contribution in [2.45, 2.75) is 31.2 Å². The van der Waals surface area contributed by atoms with E-state index in [-0.39, 0.29) is 17.2 Å². The molecule has 1 heterocycles. The van der Waals surface area contributed by atoms with Crippen LogP contribution >= 0.6 is 15.9 Å². The van der Waals surface area contributed by atoms with Gasteiger partial charge in [0.2, 0.25) is 0 Å². The molecular formula is C26H29BrN2O4S. The van der Waals surface area contributed by atoms with Gasteiger partial charge < -0.3 is 9.84 Å². The van der Waals surface area contributed by atoms with E-state index >= 15 is 0 Å². The maximum Gasteiger partial charge on any atom is 0.264 e. The van der Waals surface area contributed by atoms with E-state index in [4.69, 9.17) is 4.74 Å². The number of phenols is 1. The number of aromatic hydroxyl groups is 1. The summed E-state index contributed by atoms with van der Waals surface area (Å²) in [7, 11) is -3.87. The van der Waals surface area contributed by atoms with Crippen molar-refractivity contribution in [1.29, 1.82) is 0 Å². The fourth-order valence-electron chi connectivity index (χ4n) is 4.16. The van der Waals surface area contributed by atoms with E-state index in [2.05, 4.69) is 20.8 Å². The molecule has 1 fully saturated rings. The van der Waals surface area contributed by atoms with Gasteiger partial charge in [0.25, 0.3) is 10.0 Å². The summed E-state index contributed by atoms with van der Waals surface area (Å²) in [4.78, 5) is 2.63. The molecule has 0 amide bonds. The highest BCUT2D eigenvalue weighted by Gasteiger charge is 2.27. The summed E-state index contributed by atoms with van der Waals surface area (Å²) in [6.45, 7) is 5.60. The van der Waals surface area contributed by atoms with Gasteiger partial charge in [-0.25, -0.2) is 8.42 Å². The molecular weight excluding hydrogens is 516 g/mol. The number of rotatable bonds is 9. The Morgan fingerprint density at radius 2 is 1.76 bits per heavy atom. The second-order valence-electron chi connectivity index (χ2n) is 8.48. The van der Waals surface area contributed by atoms with Crippen LogP contribution in [0.5, 0.6) is 11.5 Å². The van der Waals surface area contributed by atoms with Crippen molar-refractivity contribution in [2.75, 3.05) is 30.5 Å². The van der Waals surface area contributed by atoms with Gasteiger partial charge in [-0.05, 0) is 98.6 Å². The molecule has 0 atom stereocenters. The Balaban J connectivity index is 1.59. The summed E-state index contributed by atoms with van der Waals surface area (Å²) in [5, 5.41) is 9.90.